The van der Waals surface area contributed by atoms with E-state index < -0.39 is 17.9 Å². The predicted molar refractivity (Wildman–Crippen MR) is 65.0 cm³/mol. The summed E-state index contributed by atoms with van der Waals surface area (Å²) in [6.07, 6.45) is 3.76. The van der Waals surface area contributed by atoms with Crippen molar-refractivity contribution in [1.29, 1.82) is 0 Å². The molecular weight excluding hydrogens is 236 g/mol. The summed E-state index contributed by atoms with van der Waals surface area (Å²) in [5.74, 6) is -1.57. The molecule has 0 aliphatic heterocycles. The van der Waals surface area contributed by atoms with Crippen LogP contribution in [-0.4, -0.2) is 40.5 Å². The maximum atomic E-state index is 11.9. The summed E-state index contributed by atoms with van der Waals surface area (Å²) in [6.45, 7) is 2.43. The monoisotopic (exact) mass is 256 g/mol. The van der Waals surface area contributed by atoms with E-state index in [9.17, 15) is 14.4 Å². The number of carbonyl (C=O) groups excluding carboxylic acids is 2. The van der Waals surface area contributed by atoms with Gasteiger partial charge in [0.15, 0.2) is 0 Å². The van der Waals surface area contributed by atoms with Gasteiger partial charge in [0.05, 0.1) is 6.42 Å². The molecule has 1 aliphatic rings. The zero-order valence-electron chi connectivity index (χ0n) is 10.6. The Morgan fingerprint density at radius 3 is 2.33 bits per heavy atom. The van der Waals surface area contributed by atoms with Gasteiger partial charge in [-0.25, -0.2) is 4.79 Å². The molecule has 1 fully saturated rings. The topological polar surface area (TPSA) is 86.7 Å². The Hall–Kier alpha value is -1.59. The van der Waals surface area contributed by atoms with Gasteiger partial charge in [0, 0.05) is 19.0 Å². The van der Waals surface area contributed by atoms with E-state index in [-0.39, 0.29) is 18.9 Å². The highest BCUT2D eigenvalue weighted by atomic mass is 16.4. The van der Waals surface area contributed by atoms with Crippen LogP contribution in [0.1, 0.15) is 45.4 Å². The van der Waals surface area contributed by atoms with Crippen molar-refractivity contribution >= 4 is 17.9 Å². The van der Waals surface area contributed by atoms with Gasteiger partial charge in [0.1, 0.15) is 0 Å². The van der Waals surface area contributed by atoms with Gasteiger partial charge in [-0.3, -0.25) is 14.9 Å². The molecule has 0 spiro atoms. The van der Waals surface area contributed by atoms with E-state index in [4.69, 9.17) is 5.11 Å². The third kappa shape index (κ3) is 4.35. The highest BCUT2D eigenvalue weighted by molar-refractivity contribution is 5.95. The van der Waals surface area contributed by atoms with Gasteiger partial charge in [-0.15, -0.1) is 0 Å². The van der Waals surface area contributed by atoms with Crippen LogP contribution < -0.4 is 5.32 Å². The standard InChI is InChI=1S/C12H20N2O4/c1-2-14(9-5-3-4-6-9)12(18)13-10(15)7-8-11(16)17/h9H,2-8H2,1H3,(H,16,17)(H,13,15,18). The average molecular weight is 256 g/mol. The molecule has 0 aromatic carbocycles. The van der Waals surface area contributed by atoms with Crippen molar-refractivity contribution in [3.63, 3.8) is 0 Å². The van der Waals surface area contributed by atoms with Crippen molar-refractivity contribution in [3.05, 3.63) is 0 Å². The Balaban J connectivity index is 2.41. The Morgan fingerprint density at radius 1 is 1.22 bits per heavy atom. The molecule has 0 saturated heterocycles. The zero-order valence-corrected chi connectivity index (χ0v) is 10.6. The van der Waals surface area contributed by atoms with E-state index in [0.29, 0.717) is 6.54 Å². The summed E-state index contributed by atoms with van der Waals surface area (Å²) in [6, 6.07) is -0.193. The fourth-order valence-electron chi connectivity index (χ4n) is 2.26. The fraction of sp³-hybridized carbons (Fsp3) is 0.750. The Morgan fingerprint density at radius 2 is 1.83 bits per heavy atom. The number of nitrogens with one attached hydrogen (secondary N) is 1. The van der Waals surface area contributed by atoms with E-state index in [1.165, 1.54) is 0 Å². The minimum absolute atomic E-state index is 0.163. The number of imide groups is 1. The maximum absolute atomic E-state index is 11.9. The molecule has 2 N–H and O–H groups in total. The second-order valence-corrected chi connectivity index (χ2v) is 4.47. The molecular formula is C12H20N2O4. The van der Waals surface area contributed by atoms with Crippen LogP contribution in [-0.2, 0) is 9.59 Å². The molecule has 0 aromatic heterocycles. The number of amides is 3. The van der Waals surface area contributed by atoms with Crippen LogP contribution in [0.4, 0.5) is 4.79 Å². The lowest BCUT2D eigenvalue weighted by atomic mass is 10.2. The van der Waals surface area contributed by atoms with Crippen LogP contribution in [0, 0.1) is 0 Å². The van der Waals surface area contributed by atoms with Crippen LogP contribution in [0.25, 0.3) is 0 Å². The van der Waals surface area contributed by atoms with E-state index in [0.717, 1.165) is 25.7 Å². The van der Waals surface area contributed by atoms with Crippen LogP contribution in [0.2, 0.25) is 0 Å². The van der Waals surface area contributed by atoms with Crippen molar-refractivity contribution in [2.45, 2.75) is 51.5 Å². The second-order valence-electron chi connectivity index (χ2n) is 4.47. The molecule has 102 valence electrons. The first-order valence-corrected chi connectivity index (χ1v) is 6.36. The first-order chi connectivity index (χ1) is 8.54. The lowest BCUT2D eigenvalue weighted by Crippen LogP contribution is -2.47. The summed E-state index contributed by atoms with van der Waals surface area (Å²) in [5.41, 5.74) is 0. The molecule has 1 saturated carbocycles. The van der Waals surface area contributed by atoms with Crippen LogP contribution >= 0.6 is 0 Å². The number of urea groups is 1. The minimum atomic E-state index is -1.04. The Labute approximate surface area is 106 Å². The van der Waals surface area contributed by atoms with Gasteiger partial charge in [-0.2, -0.15) is 0 Å². The van der Waals surface area contributed by atoms with Gasteiger partial charge in [-0.05, 0) is 19.8 Å². The van der Waals surface area contributed by atoms with E-state index in [2.05, 4.69) is 5.32 Å². The lowest BCUT2D eigenvalue weighted by molar-refractivity contribution is -0.138. The summed E-state index contributed by atoms with van der Waals surface area (Å²) >= 11 is 0. The van der Waals surface area contributed by atoms with Gasteiger partial charge in [-0.1, -0.05) is 12.8 Å². The quantitative estimate of drug-likeness (QED) is 0.777. The van der Waals surface area contributed by atoms with Crippen molar-refractivity contribution in [3.8, 4) is 0 Å². The maximum Gasteiger partial charge on any atom is 0.324 e. The number of aliphatic carboxylic acids is 1. The number of carboxylic acid groups (broad SMARTS) is 1. The van der Waals surface area contributed by atoms with Crippen molar-refractivity contribution < 1.29 is 19.5 Å². The molecule has 0 heterocycles. The molecule has 0 unspecified atom stereocenters. The van der Waals surface area contributed by atoms with E-state index in [1.807, 2.05) is 6.92 Å². The third-order valence-corrected chi connectivity index (χ3v) is 3.18. The molecule has 18 heavy (non-hydrogen) atoms. The average Bonchev–Trinajstić information content (AvgIpc) is 2.81. The van der Waals surface area contributed by atoms with Crippen molar-refractivity contribution in [2.24, 2.45) is 0 Å². The molecule has 6 heteroatoms. The molecule has 1 aliphatic carbocycles. The number of carbonyl (C=O) groups is 3. The third-order valence-electron chi connectivity index (χ3n) is 3.18. The van der Waals surface area contributed by atoms with Crippen LogP contribution in [0.5, 0.6) is 0 Å². The summed E-state index contributed by atoms with van der Waals surface area (Å²) in [5, 5.41) is 10.7. The Bertz CT molecular complexity index is 324. The normalized spacial score (nSPS) is 15.4. The van der Waals surface area contributed by atoms with Crippen molar-refractivity contribution in [1.82, 2.24) is 10.2 Å². The molecule has 6 nitrogen and oxygen atoms in total. The first-order valence-electron chi connectivity index (χ1n) is 6.36. The molecule has 0 bridgehead atoms. The zero-order chi connectivity index (χ0) is 13.5. The SMILES string of the molecule is CCN(C(=O)NC(=O)CCC(=O)O)C1CCCC1. The Kier molecular flexibility index (Phi) is 5.61. The first kappa shape index (κ1) is 14.5. The highest BCUT2D eigenvalue weighted by Crippen LogP contribution is 2.23. The molecule has 0 radical (unpaired) electrons. The number of nitrogens with zero attached hydrogens (tertiary/aromatic N) is 1. The number of hydrogen-bond acceptors (Lipinski definition) is 3. The molecule has 0 atom stereocenters. The van der Waals surface area contributed by atoms with Crippen LogP contribution in [0.3, 0.4) is 0 Å². The van der Waals surface area contributed by atoms with Crippen molar-refractivity contribution in [2.75, 3.05) is 6.54 Å². The van der Waals surface area contributed by atoms with Gasteiger partial charge in [0.25, 0.3) is 0 Å². The summed E-state index contributed by atoms with van der Waals surface area (Å²) in [7, 11) is 0. The predicted octanol–water partition coefficient (Wildman–Crippen LogP) is 1.35. The second kappa shape index (κ2) is 6.98. The summed E-state index contributed by atoms with van der Waals surface area (Å²) < 4.78 is 0. The van der Waals surface area contributed by atoms with Gasteiger partial charge < -0.3 is 10.0 Å². The highest BCUT2D eigenvalue weighted by Gasteiger charge is 2.26. The fourth-order valence-corrected chi connectivity index (χ4v) is 2.26. The number of hydrogen-bond donors (Lipinski definition) is 2. The molecule has 3 amide bonds. The number of rotatable bonds is 5. The van der Waals surface area contributed by atoms with E-state index in [1.54, 1.807) is 4.90 Å². The minimum Gasteiger partial charge on any atom is -0.481 e. The van der Waals surface area contributed by atoms with E-state index >= 15 is 0 Å². The number of carboxylic acids is 1. The van der Waals surface area contributed by atoms with Crippen LogP contribution in [0.15, 0.2) is 0 Å². The van der Waals surface area contributed by atoms with Gasteiger partial charge in [0.2, 0.25) is 5.91 Å². The summed E-state index contributed by atoms with van der Waals surface area (Å²) in [4.78, 5) is 35.2. The smallest absolute Gasteiger partial charge is 0.324 e. The van der Waals surface area contributed by atoms with Gasteiger partial charge >= 0.3 is 12.0 Å². The molecule has 1 rings (SSSR count). The molecule has 0 aromatic rings. The largest absolute Gasteiger partial charge is 0.481 e. The lowest BCUT2D eigenvalue weighted by Gasteiger charge is -2.27.